The van der Waals surface area contributed by atoms with Crippen molar-refractivity contribution in [2.75, 3.05) is 18.5 Å². The first-order valence-electron chi connectivity index (χ1n) is 9.03. The van der Waals surface area contributed by atoms with Crippen LogP contribution in [0.15, 0.2) is 34.4 Å². The average Bonchev–Trinajstić information content (AvgIpc) is 2.71. The monoisotopic (exact) mass is 437 g/mol. The van der Waals surface area contributed by atoms with E-state index in [0.29, 0.717) is 11.3 Å². The number of aliphatic hydroxyl groups is 1. The molecule has 1 heterocycles. The van der Waals surface area contributed by atoms with Gasteiger partial charge in [0.1, 0.15) is 11.4 Å². The fraction of sp³-hybridized carbons (Fsp3) is 0.333. The summed E-state index contributed by atoms with van der Waals surface area (Å²) in [5, 5.41) is 34.8. The summed E-state index contributed by atoms with van der Waals surface area (Å²) in [7, 11) is -3.86. The molecule has 1 aromatic carbocycles. The number of anilines is 1. The molecule has 0 unspecified atom stereocenters. The minimum absolute atomic E-state index is 0.0365. The quantitative estimate of drug-likeness (QED) is 0.305. The van der Waals surface area contributed by atoms with Crippen molar-refractivity contribution in [1.29, 1.82) is 0 Å². The molecule has 0 spiro atoms. The second-order valence-corrected chi connectivity index (χ2v) is 8.12. The number of hydrazone groups is 1. The zero-order chi connectivity index (χ0) is 22.5. The molecule has 0 saturated heterocycles. The Morgan fingerprint density at radius 2 is 2.00 bits per heavy atom. The molecule has 0 aliphatic carbocycles. The molecule has 0 saturated carbocycles. The standard InChI is InChI=1S/C18H23N5O6S/c1-4-22(5-2)30(28,29)14-6-7-16(17(8-14)23(26)27)21-20-10-15-13(11-24)9-19-12(3)18(15)25/h6-10,21,24-25H,4-5,11H2,1-3H3/b20-10+. The maximum atomic E-state index is 12.6. The number of sulfonamides is 1. The van der Waals surface area contributed by atoms with Gasteiger partial charge >= 0.3 is 0 Å². The van der Waals surface area contributed by atoms with Crippen molar-refractivity contribution in [3.63, 3.8) is 0 Å². The number of nitro groups is 1. The third-order valence-corrected chi connectivity index (χ3v) is 6.46. The third kappa shape index (κ3) is 4.72. The van der Waals surface area contributed by atoms with Crippen LogP contribution in [0.4, 0.5) is 11.4 Å². The molecule has 3 N–H and O–H groups in total. The number of benzene rings is 1. The summed E-state index contributed by atoms with van der Waals surface area (Å²) in [4.78, 5) is 14.5. The van der Waals surface area contributed by atoms with Gasteiger partial charge in [-0.2, -0.15) is 9.41 Å². The molecule has 0 amide bonds. The van der Waals surface area contributed by atoms with Gasteiger partial charge in [0.2, 0.25) is 10.0 Å². The van der Waals surface area contributed by atoms with E-state index in [0.717, 1.165) is 6.07 Å². The van der Waals surface area contributed by atoms with Crippen LogP contribution in [0.25, 0.3) is 0 Å². The predicted octanol–water partition coefficient (Wildman–Crippen LogP) is 1.97. The number of pyridine rings is 1. The molecule has 0 radical (unpaired) electrons. The number of nitrogens with zero attached hydrogens (tertiary/aromatic N) is 4. The Morgan fingerprint density at radius 1 is 1.33 bits per heavy atom. The molecular formula is C18H23N5O6S. The van der Waals surface area contributed by atoms with E-state index >= 15 is 0 Å². The van der Waals surface area contributed by atoms with Crippen LogP contribution < -0.4 is 5.43 Å². The van der Waals surface area contributed by atoms with Gasteiger partial charge in [0.15, 0.2) is 0 Å². The maximum Gasteiger partial charge on any atom is 0.295 e. The average molecular weight is 437 g/mol. The van der Waals surface area contributed by atoms with Crippen molar-refractivity contribution in [1.82, 2.24) is 9.29 Å². The van der Waals surface area contributed by atoms with Crippen molar-refractivity contribution in [2.24, 2.45) is 5.10 Å². The van der Waals surface area contributed by atoms with Gasteiger partial charge in [-0.1, -0.05) is 13.8 Å². The zero-order valence-corrected chi connectivity index (χ0v) is 17.5. The van der Waals surface area contributed by atoms with Crippen molar-refractivity contribution < 1.29 is 23.6 Å². The molecule has 1 aromatic heterocycles. The number of nitrogens with one attached hydrogen (secondary N) is 1. The van der Waals surface area contributed by atoms with Gasteiger partial charge in [0.05, 0.1) is 28.3 Å². The van der Waals surface area contributed by atoms with Gasteiger partial charge in [0.25, 0.3) is 5.69 Å². The molecule has 11 nitrogen and oxygen atoms in total. The van der Waals surface area contributed by atoms with Gasteiger partial charge in [-0.25, -0.2) is 8.42 Å². The number of hydrogen-bond acceptors (Lipinski definition) is 9. The van der Waals surface area contributed by atoms with E-state index in [4.69, 9.17) is 0 Å². The molecule has 0 bridgehead atoms. The summed E-state index contributed by atoms with van der Waals surface area (Å²) in [5.74, 6) is -0.178. The lowest BCUT2D eigenvalue weighted by atomic mass is 10.1. The SMILES string of the molecule is CCN(CC)S(=O)(=O)c1ccc(N/N=C/c2c(CO)cnc(C)c2O)c([N+](=O)[O-])c1. The summed E-state index contributed by atoms with van der Waals surface area (Å²) < 4.78 is 26.4. The largest absolute Gasteiger partial charge is 0.505 e. The lowest BCUT2D eigenvalue weighted by Crippen LogP contribution is -2.30. The number of aliphatic hydroxyl groups excluding tert-OH is 1. The highest BCUT2D eigenvalue weighted by molar-refractivity contribution is 7.89. The Bertz CT molecular complexity index is 1070. The molecule has 0 aliphatic rings. The molecule has 0 atom stereocenters. The first kappa shape index (κ1) is 23.2. The van der Waals surface area contributed by atoms with Crippen LogP contribution in [-0.2, 0) is 16.6 Å². The molecule has 162 valence electrons. The predicted molar refractivity (Wildman–Crippen MR) is 111 cm³/mol. The van der Waals surface area contributed by atoms with Crippen LogP contribution in [0.1, 0.15) is 30.7 Å². The highest BCUT2D eigenvalue weighted by Crippen LogP contribution is 2.29. The molecule has 2 aromatic rings. The van der Waals surface area contributed by atoms with E-state index in [1.807, 2.05) is 0 Å². The van der Waals surface area contributed by atoms with Crippen molar-refractivity contribution in [2.45, 2.75) is 32.3 Å². The minimum Gasteiger partial charge on any atom is -0.505 e. The second-order valence-electron chi connectivity index (χ2n) is 6.18. The first-order valence-corrected chi connectivity index (χ1v) is 10.5. The molecule has 0 aliphatic heterocycles. The number of aromatic hydroxyl groups is 1. The molecule has 0 fully saturated rings. The topological polar surface area (TPSA) is 158 Å². The fourth-order valence-electron chi connectivity index (χ4n) is 2.72. The van der Waals surface area contributed by atoms with E-state index < -0.39 is 20.6 Å². The van der Waals surface area contributed by atoms with Crippen LogP contribution >= 0.6 is 0 Å². The Morgan fingerprint density at radius 3 is 2.57 bits per heavy atom. The minimum atomic E-state index is -3.86. The zero-order valence-electron chi connectivity index (χ0n) is 16.7. The molecule has 30 heavy (non-hydrogen) atoms. The van der Waals surface area contributed by atoms with Gasteiger partial charge < -0.3 is 10.2 Å². The van der Waals surface area contributed by atoms with E-state index in [1.54, 1.807) is 20.8 Å². The van der Waals surface area contributed by atoms with Gasteiger partial charge in [-0.05, 0) is 19.1 Å². The summed E-state index contributed by atoms with van der Waals surface area (Å²) in [6.07, 6.45) is 2.57. The summed E-state index contributed by atoms with van der Waals surface area (Å²) in [5.41, 5.74) is 2.82. The van der Waals surface area contributed by atoms with Crippen LogP contribution in [0, 0.1) is 17.0 Å². The summed E-state index contributed by atoms with van der Waals surface area (Å²) >= 11 is 0. The Labute approximate surface area is 173 Å². The van der Waals surface area contributed by atoms with E-state index in [1.165, 1.54) is 28.8 Å². The van der Waals surface area contributed by atoms with Crippen LogP contribution in [-0.4, -0.2) is 52.1 Å². The fourth-order valence-corrected chi connectivity index (χ4v) is 4.20. The van der Waals surface area contributed by atoms with Gasteiger partial charge in [0, 0.05) is 36.5 Å². The smallest absolute Gasteiger partial charge is 0.295 e. The maximum absolute atomic E-state index is 12.6. The van der Waals surface area contributed by atoms with Crippen LogP contribution in [0.2, 0.25) is 0 Å². The van der Waals surface area contributed by atoms with Crippen molar-refractivity contribution >= 4 is 27.6 Å². The van der Waals surface area contributed by atoms with E-state index in [2.05, 4.69) is 15.5 Å². The Hall–Kier alpha value is -3.09. The number of nitro benzene ring substituents is 1. The van der Waals surface area contributed by atoms with Crippen molar-refractivity contribution in [3.8, 4) is 5.75 Å². The Balaban J connectivity index is 2.39. The number of aromatic nitrogens is 1. The van der Waals surface area contributed by atoms with Crippen LogP contribution in [0.3, 0.4) is 0 Å². The molecular weight excluding hydrogens is 414 g/mol. The third-order valence-electron chi connectivity index (χ3n) is 4.42. The summed E-state index contributed by atoms with van der Waals surface area (Å²) in [6.45, 7) is 5.01. The number of hydrogen-bond donors (Lipinski definition) is 3. The van der Waals surface area contributed by atoms with Crippen molar-refractivity contribution in [3.05, 3.63) is 51.3 Å². The first-order chi connectivity index (χ1) is 14.2. The van der Waals surface area contributed by atoms with E-state index in [9.17, 15) is 28.7 Å². The normalized spacial score (nSPS) is 11.9. The highest BCUT2D eigenvalue weighted by atomic mass is 32.2. The second kappa shape index (κ2) is 9.61. The molecule has 12 heteroatoms. The van der Waals surface area contributed by atoms with E-state index in [-0.39, 0.29) is 41.6 Å². The Kier molecular flexibility index (Phi) is 7.43. The lowest BCUT2D eigenvalue weighted by molar-refractivity contribution is -0.384. The number of aryl methyl sites for hydroxylation is 1. The highest BCUT2D eigenvalue weighted by Gasteiger charge is 2.25. The lowest BCUT2D eigenvalue weighted by Gasteiger charge is -2.18. The van der Waals surface area contributed by atoms with Crippen LogP contribution in [0.5, 0.6) is 5.75 Å². The number of rotatable bonds is 9. The van der Waals surface area contributed by atoms with Gasteiger partial charge in [-0.3, -0.25) is 20.5 Å². The molecule has 2 rings (SSSR count). The summed E-state index contributed by atoms with van der Waals surface area (Å²) in [6, 6.07) is 3.47. The van der Waals surface area contributed by atoms with Gasteiger partial charge in [-0.15, -0.1) is 0 Å².